The number of nitrogens with zero attached hydrogens (tertiary/aromatic N) is 2. The minimum atomic E-state index is -0.287. The van der Waals surface area contributed by atoms with E-state index >= 15 is 0 Å². The first-order valence-corrected chi connectivity index (χ1v) is 8.07. The number of amides is 1. The highest BCUT2D eigenvalue weighted by Gasteiger charge is 2.09. The second-order valence-electron chi connectivity index (χ2n) is 5.80. The minimum Gasteiger partial charge on any atom is -0.490 e. The number of nitrogens with one attached hydrogen (secondary N) is 1. The van der Waals surface area contributed by atoms with Crippen LogP contribution in [0.5, 0.6) is 5.75 Å². The lowest BCUT2D eigenvalue weighted by Crippen LogP contribution is -2.17. The minimum absolute atomic E-state index is 0.0414. The average Bonchev–Trinajstić information content (AvgIpc) is 2.63. The predicted molar refractivity (Wildman–Crippen MR) is 99.0 cm³/mol. The fraction of sp³-hybridized carbons (Fsp3) is 0.150. The van der Waals surface area contributed by atoms with Gasteiger partial charge < -0.3 is 4.74 Å². The largest absolute Gasteiger partial charge is 0.490 e. The summed E-state index contributed by atoms with van der Waals surface area (Å²) in [7, 11) is 0. The monoisotopic (exact) mass is 333 g/mol. The van der Waals surface area contributed by atoms with Gasteiger partial charge in [-0.05, 0) is 42.8 Å². The molecule has 0 aliphatic rings. The number of hydrazone groups is 1. The Morgan fingerprint density at radius 2 is 1.88 bits per heavy atom. The Bertz CT molecular complexity index is 905. The van der Waals surface area contributed by atoms with Crippen LogP contribution >= 0.6 is 0 Å². The predicted octanol–water partition coefficient (Wildman–Crippen LogP) is 3.79. The summed E-state index contributed by atoms with van der Waals surface area (Å²) in [5, 5.41) is 6.21. The zero-order chi connectivity index (χ0) is 17.6. The van der Waals surface area contributed by atoms with Crippen molar-refractivity contribution in [1.82, 2.24) is 10.4 Å². The molecule has 0 unspecified atom stereocenters. The van der Waals surface area contributed by atoms with Crippen LogP contribution in [0.1, 0.15) is 29.8 Å². The lowest BCUT2D eigenvalue weighted by atomic mass is 10.0. The van der Waals surface area contributed by atoms with Crippen LogP contribution < -0.4 is 10.2 Å². The molecule has 0 aliphatic carbocycles. The molecule has 0 saturated carbocycles. The molecule has 5 heteroatoms. The van der Waals surface area contributed by atoms with Gasteiger partial charge in [0.25, 0.3) is 5.91 Å². The maximum absolute atomic E-state index is 12.1. The summed E-state index contributed by atoms with van der Waals surface area (Å²) in [5.74, 6) is 0.445. The number of carbonyl (C=O) groups excluding carboxylic acids is 1. The van der Waals surface area contributed by atoms with Crippen molar-refractivity contribution in [2.45, 2.75) is 20.0 Å². The van der Waals surface area contributed by atoms with Gasteiger partial charge in [0.2, 0.25) is 0 Å². The molecule has 0 bridgehead atoms. The summed E-state index contributed by atoms with van der Waals surface area (Å²) in [6.45, 7) is 3.95. The van der Waals surface area contributed by atoms with Crippen LogP contribution in [0.25, 0.3) is 10.8 Å². The van der Waals surface area contributed by atoms with E-state index in [4.69, 9.17) is 4.74 Å². The molecular weight excluding hydrogens is 314 g/mol. The molecule has 126 valence electrons. The Hall–Kier alpha value is -3.21. The number of benzene rings is 2. The van der Waals surface area contributed by atoms with Gasteiger partial charge in [-0.3, -0.25) is 9.78 Å². The molecule has 0 saturated heterocycles. The first-order chi connectivity index (χ1) is 12.1. The quantitative estimate of drug-likeness (QED) is 0.571. The van der Waals surface area contributed by atoms with Crippen molar-refractivity contribution in [3.05, 3.63) is 72.1 Å². The first-order valence-electron chi connectivity index (χ1n) is 8.07. The molecule has 0 aliphatic heterocycles. The molecule has 3 aromatic rings. The van der Waals surface area contributed by atoms with Gasteiger partial charge >= 0.3 is 0 Å². The van der Waals surface area contributed by atoms with Crippen molar-refractivity contribution in [2.75, 3.05) is 0 Å². The zero-order valence-corrected chi connectivity index (χ0v) is 14.1. The Balaban J connectivity index is 1.89. The van der Waals surface area contributed by atoms with E-state index in [1.54, 1.807) is 30.7 Å². The highest BCUT2D eigenvalue weighted by atomic mass is 16.5. The summed E-state index contributed by atoms with van der Waals surface area (Å²) < 4.78 is 5.88. The van der Waals surface area contributed by atoms with E-state index in [0.717, 1.165) is 22.1 Å². The summed E-state index contributed by atoms with van der Waals surface area (Å²) in [5.41, 5.74) is 3.88. The van der Waals surface area contributed by atoms with E-state index in [1.165, 1.54) is 0 Å². The van der Waals surface area contributed by atoms with Gasteiger partial charge in [0.05, 0.1) is 12.3 Å². The first kappa shape index (κ1) is 16.6. The van der Waals surface area contributed by atoms with E-state index in [1.807, 2.05) is 50.2 Å². The molecule has 2 aromatic carbocycles. The van der Waals surface area contributed by atoms with Gasteiger partial charge in [0.1, 0.15) is 5.75 Å². The third-order valence-electron chi connectivity index (χ3n) is 3.60. The number of hydrogen-bond donors (Lipinski definition) is 1. The van der Waals surface area contributed by atoms with E-state index in [9.17, 15) is 4.79 Å². The Kier molecular flexibility index (Phi) is 5.04. The van der Waals surface area contributed by atoms with Gasteiger partial charge in [-0.25, -0.2) is 5.43 Å². The molecule has 1 heterocycles. The highest BCUT2D eigenvalue weighted by molar-refractivity contribution is 6.03. The third-order valence-corrected chi connectivity index (χ3v) is 3.60. The van der Waals surface area contributed by atoms with Crippen LogP contribution in [-0.4, -0.2) is 23.2 Å². The van der Waals surface area contributed by atoms with Gasteiger partial charge in [-0.15, -0.1) is 0 Å². The molecule has 1 amide bonds. The molecule has 0 radical (unpaired) electrons. The molecular formula is C20H19N3O2. The molecule has 1 aromatic heterocycles. The summed E-state index contributed by atoms with van der Waals surface area (Å²) >= 11 is 0. The fourth-order valence-corrected chi connectivity index (χ4v) is 2.49. The number of fused-ring (bicyclic) bond motifs is 1. The Labute approximate surface area is 146 Å². The SMILES string of the molecule is CC(C)Oc1ccc2ccccc2c1/C=N/NC(=O)c1ccncc1. The molecule has 0 spiro atoms. The number of rotatable bonds is 5. The second-order valence-corrected chi connectivity index (χ2v) is 5.80. The van der Waals surface area contributed by atoms with Gasteiger partial charge in [-0.2, -0.15) is 5.10 Å². The number of aromatic nitrogens is 1. The van der Waals surface area contributed by atoms with Crippen LogP contribution in [-0.2, 0) is 0 Å². The van der Waals surface area contributed by atoms with Crippen LogP contribution in [0.2, 0.25) is 0 Å². The van der Waals surface area contributed by atoms with Gasteiger partial charge in [0, 0.05) is 23.5 Å². The topological polar surface area (TPSA) is 63.6 Å². The van der Waals surface area contributed by atoms with Crippen LogP contribution in [0.4, 0.5) is 0 Å². The molecule has 1 N–H and O–H groups in total. The molecule has 25 heavy (non-hydrogen) atoms. The molecule has 5 nitrogen and oxygen atoms in total. The van der Waals surface area contributed by atoms with Crippen LogP contribution in [0, 0.1) is 0 Å². The zero-order valence-electron chi connectivity index (χ0n) is 14.1. The third kappa shape index (κ3) is 4.01. The summed E-state index contributed by atoms with van der Waals surface area (Å²) in [6.07, 6.45) is 4.80. The van der Waals surface area contributed by atoms with Crippen molar-refractivity contribution in [2.24, 2.45) is 5.10 Å². The van der Waals surface area contributed by atoms with Crippen LogP contribution in [0.3, 0.4) is 0 Å². The molecule has 3 rings (SSSR count). The summed E-state index contributed by atoms with van der Waals surface area (Å²) in [6, 6.07) is 15.2. The van der Waals surface area contributed by atoms with E-state index < -0.39 is 0 Å². The van der Waals surface area contributed by atoms with Gasteiger partial charge in [-0.1, -0.05) is 30.3 Å². The second kappa shape index (κ2) is 7.57. The number of hydrogen-bond acceptors (Lipinski definition) is 4. The molecule has 0 atom stereocenters. The normalized spacial score (nSPS) is 11.2. The van der Waals surface area contributed by atoms with Crippen LogP contribution in [0.15, 0.2) is 66.0 Å². The fourth-order valence-electron chi connectivity index (χ4n) is 2.49. The van der Waals surface area contributed by atoms with Crippen molar-refractivity contribution < 1.29 is 9.53 Å². The Morgan fingerprint density at radius 3 is 2.64 bits per heavy atom. The van der Waals surface area contributed by atoms with Crippen molar-refractivity contribution >= 4 is 22.9 Å². The number of pyridine rings is 1. The maximum Gasteiger partial charge on any atom is 0.271 e. The van der Waals surface area contributed by atoms with Crippen molar-refractivity contribution in [3.63, 3.8) is 0 Å². The average molecular weight is 333 g/mol. The number of carbonyl (C=O) groups is 1. The highest BCUT2D eigenvalue weighted by Crippen LogP contribution is 2.27. The smallest absolute Gasteiger partial charge is 0.271 e. The van der Waals surface area contributed by atoms with E-state index in [0.29, 0.717) is 5.56 Å². The summed E-state index contributed by atoms with van der Waals surface area (Å²) in [4.78, 5) is 16.0. The van der Waals surface area contributed by atoms with E-state index in [-0.39, 0.29) is 12.0 Å². The van der Waals surface area contributed by atoms with Gasteiger partial charge in [0.15, 0.2) is 0 Å². The number of ether oxygens (including phenoxy) is 1. The lowest BCUT2D eigenvalue weighted by Gasteiger charge is -2.14. The Morgan fingerprint density at radius 1 is 1.12 bits per heavy atom. The standard InChI is InChI=1S/C20H19N3O2/c1-14(2)25-19-8-7-15-5-3-4-6-17(15)18(19)13-22-23-20(24)16-9-11-21-12-10-16/h3-14H,1-2H3,(H,23,24)/b22-13+. The molecule has 0 fully saturated rings. The lowest BCUT2D eigenvalue weighted by molar-refractivity contribution is 0.0955. The maximum atomic E-state index is 12.1. The van der Waals surface area contributed by atoms with Crippen molar-refractivity contribution in [3.8, 4) is 5.75 Å². The van der Waals surface area contributed by atoms with Crippen molar-refractivity contribution in [1.29, 1.82) is 0 Å². The van der Waals surface area contributed by atoms with E-state index in [2.05, 4.69) is 15.5 Å².